The van der Waals surface area contributed by atoms with E-state index in [1.807, 2.05) is 0 Å². The van der Waals surface area contributed by atoms with Crippen molar-refractivity contribution in [2.24, 2.45) is 5.73 Å². The number of aryl methyl sites for hydroxylation is 1. The van der Waals surface area contributed by atoms with Gasteiger partial charge in [0.1, 0.15) is 23.9 Å². The zero-order valence-electron chi connectivity index (χ0n) is 14.1. The number of nitrogens with zero attached hydrogens (tertiary/aromatic N) is 2. The highest BCUT2D eigenvalue weighted by atomic mass is 19.1. The van der Waals surface area contributed by atoms with Crippen molar-refractivity contribution < 1.29 is 18.3 Å². The molecule has 2 heterocycles. The fourth-order valence-electron chi connectivity index (χ4n) is 2.63. The molecule has 0 radical (unpaired) electrons. The molecule has 0 saturated heterocycles. The van der Waals surface area contributed by atoms with E-state index in [2.05, 4.69) is 10.3 Å². The molecule has 0 spiro atoms. The van der Waals surface area contributed by atoms with Crippen LogP contribution in [0.2, 0.25) is 0 Å². The van der Waals surface area contributed by atoms with E-state index in [4.69, 9.17) is 10.5 Å². The van der Waals surface area contributed by atoms with Gasteiger partial charge in [-0.05, 0) is 31.2 Å². The Labute approximate surface area is 148 Å². The quantitative estimate of drug-likeness (QED) is 0.706. The summed E-state index contributed by atoms with van der Waals surface area (Å²) in [5, 5.41) is 2.70. The second-order valence-corrected chi connectivity index (χ2v) is 5.65. The molecule has 3 aromatic rings. The minimum Gasteiger partial charge on any atom is -0.485 e. The van der Waals surface area contributed by atoms with E-state index in [-0.39, 0.29) is 18.1 Å². The third-order valence-electron chi connectivity index (χ3n) is 3.87. The number of fused-ring (bicyclic) bond motifs is 1. The van der Waals surface area contributed by atoms with Crippen LogP contribution in [-0.2, 0) is 6.61 Å². The Kier molecular flexibility index (Phi) is 5.13. The average Bonchev–Trinajstić information content (AvgIpc) is 2.96. The Morgan fingerprint density at radius 3 is 2.69 bits per heavy atom. The number of hydrogen-bond donors (Lipinski definition) is 2. The molecule has 136 valence electrons. The topological polar surface area (TPSA) is 81.7 Å². The standard InChI is InChI=1S/C18H18F2N4O2/c1-11-16(18(25)22-8-7-21)24-9-3-6-15(17(24)23-11)26-10-12-13(19)4-2-5-14(12)20/h2-6,9H,7-8,10,21H2,1H3,(H,22,25). The van der Waals surface area contributed by atoms with Crippen LogP contribution in [0.5, 0.6) is 5.75 Å². The molecule has 3 rings (SSSR count). The smallest absolute Gasteiger partial charge is 0.270 e. The van der Waals surface area contributed by atoms with Gasteiger partial charge in [0.25, 0.3) is 5.91 Å². The van der Waals surface area contributed by atoms with Gasteiger partial charge >= 0.3 is 0 Å². The van der Waals surface area contributed by atoms with Gasteiger partial charge in [-0.1, -0.05) is 6.07 Å². The molecule has 0 saturated carbocycles. The molecular weight excluding hydrogens is 342 g/mol. The predicted molar refractivity (Wildman–Crippen MR) is 92.0 cm³/mol. The number of halogens is 2. The Morgan fingerprint density at radius 2 is 2.00 bits per heavy atom. The lowest BCUT2D eigenvalue weighted by Gasteiger charge is -2.09. The highest BCUT2D eigenvalue weighted by molar-refractivity contribution is 5.94. The third-order valence-corrected chi connectivity index (χ3v) is 3.87. The van der Waals surface area contributed by atoms with E-state index in [0.717, 1.165) is 0 Å². The number of aromatic nitrogens is 2. The summed E-state index contributed by atoms with van der Waals surface area (Å²) < 4.78 is 34.7. The van der Waals surface area contributed by atoms with Crippen molar-refractivity contribution in [1.29, 1.82) is 0 Å². The van der Waals surface area contributed by atoms with Crippen LogP contribution >= 0.6 is 0 Å². The number of pyridine rings is 1. The molecule has 0 aliphatic carbocycles. The lowest BCUT2D eigenvalue weighted by atomic mass is 10.2. The first kappa shape index (κ1) is 17.8. The van der Waals surface area contributed by atoms with Crippen molar-refractivity contribution in [2.75, 3.05) is 13.1 Å². The van der Waals surface area contributed by atoms with E-state index in [1.54, 1.807) is 29.7 Å². The lowest BCUT2D eigenvalue weighted by molar-refractivity contribution is 0.0948. The highest BCUT2D eigenvalue weighted by Gasteiger charge is 2.19. The monoisotopic (exact) mass is 360 g/mol. The SMILES string of the molecule is Cc1nc2c(OCc3c(F)cccc3F)cccn2c1C(=O)NCCN. The van der Waals surface area contributed by atoms with Gasteiger partial charge in [-0.15, -0.1) is 0 Å². The summed E-state index contributed by atoms with van der Waals surface area (Å²) in [5.74, 6) is -1.36. The second-order valence-electron chi connectivity index (χ2n) is 5.65. The Bertz CT molecular complexity index is 936. The zero-order valence-corrected chi connectivity index (χ0v) is 14.1. The Morgan fingerprint density at radius 1 is 1.27 bits per heavy atom. The van der Waals surface area contributed by atoms with Gasteiger partial charge in [-0.3, -0.25) is 9.20 Å². The molecule has 0 aliphatic rings. The molecule has 1 amide bonds. The largest absolute Gasteiger partial charge is 0.485 e. The molecule has 26 heavy (non-hydrogen) atoms. The molecule has 6 nitrogen and oxygen atoms in total. The number of carbonyl (C=O) groups is 1. The highest BCUT2D eigenvalue weighted by Crippen LogP contribution is 2.24. The summed E-state index contributed by atoms with van der Waals surface area (Å²) in [7, 11) is 0. The number of amides is 1. The fourth-order valence-corrected chi connectivity index (χ4v) is 2.63. The second kappa shape index (κ2) is 7.49. The maximum Gasteiger partial charge on any atom is 0.270 e. The van der Waals surface area contributed by atoms with Gasteiger partial charge in [-0.2, -0.15) is 0 Å². The van der Waals surface area contributed by atoms with Crippen molar-refractivity contribution in [3.05, 3.63) is 65.1 Å². The number of nitrogens with one attached hydrogen (secondary N) is 1. The molecule has 1 aromatic carbocycles. The first-order valence-electron chi connectivity index (χ1n) is 8.04. The number of hydrogen-bond acceptors (Lipinski definition) is 4. The first-order chi connectivity index (χ1) is 12.5. The number of benzene rings is 1. The van der Waals surface area contributed by atoms with Crippen LogP contribution in [0.15, 0.2) is 36.5 Å². The molecule has 3 N–H and O–H groups in total. The number of rotatable bonds is 6. The van der Waals surface area contributed by atoms with Crippen molar-refractivity contribution in [3.8, 4) is 5.75 Å². The summed E-state index contributed by atoms with van der Waals surface area (Å²) in [6.07, 6.45) is 1.67. The summed E-state index contributed by atoms with van der Waals surface area (Å²) in [5.41, 5.74) is 6.49. The number of nitrogens with two attached hydrogens (primary N) is 1. The van der Waals surface area contributed by atoms with E-state index >= 15 is 0 Å². The molecule has 0 fully saturated rings. The predicted octanol–water partition coefficient (Wildman–Crippen LogP) is 2.19. The Balaban J connectivity index is 1.92. The van der Waals surface area contributed by atoms with Gasteiger partial charge in [0.05, 0.1) is 11.3 Å². The fraction of sp³-hybridized carbons (Fsp3) is 0.222. The average molecular weight is 360 g/mol. The van der Waals surface area contributed by atoms with Crippen LogP contribution in [0.4, 0.5) is 8.78 Å². The summed E-state index contributed by atoms with van der Waals surface area (Å²) in [6, 6.07) is 6.92. The van der Waals surface area contributed by atoms with Crippen LogP contribution in [0.3, 0.4) is 0 Å². The van der Waals surface area contributed by atoms with Gasteiger partial charge < -0.3 is 15.8 Å². The van der Waals surface area contributed by atoms with Crippen molar-refractivity contribution in [2.45, 2.75) is 13.5 Å². The number of carbonyl (C=O) groups excluding carboxylic acids is 1. The van der Waals surface area contributed by atoms with Crippen LogP contribution in [-0.4, -0.2) is 28.4 Å². The minimum absolute atomic E-state index is 0.168. The number of ether oxygens (including phenoxy) is 1. The van der Waals surface area contributed by atoms with Crippen LogP contribution in [0.25, 0.3) is 5.65 Å². The van der Waals surface area contributed by atoms with Gasteiger partial charge in [0.2, 0.25) is 0 Å². The summed E-state index contributed by atoms with van der Waals surface area (Å²) in [6.45, 7) is 2.07. The lowest BCUT2D eigenvalue weighted by Crippen LogP contribution is -2.30. The third kappa shape index (κ3) is 3.36. The van der Waals surface area contributed by atoms with E-state index in [0.29, 0.717) is 35.9 Å². The number of imidazole rings is 1. The van der Waals surface area contributed by atoms with Crippen LogP contribution < -0.4 is 15.8 Å². The maximum absolute atomic E-state index is 13.8. The van der Waals surface area contributed by atoms with E-state index in [9.17, 15) is 13.6 Å². The van der Waals surface area contributed by atoms with Crippen LogP contribution in [0, 0.1) is 18.6 Å². The minimum atomic E-state index is -0.682. The molecule has 0 bridgehead atoms. The van der Waals surface area contributed by atoms with Crippen molar-refractivity contribution in [1.82, 2.24) is 14.7 Å². The van der Waals surface area contributed by atoms with Gasteiger partial charge in [-0.25, -0.2) is 13.8 Å². The van der Waals surface area contributed by atoms with Gasteiger partial charge in [0, 0.05) is 19.3 Å². The van der Waals surface area contributed by atoms with Crippen molar-refractivity contribution in [3.63, 3.8) is 0 Å². The molecule has 0 atom stereocenters. The zero-order chi connectivity index (χ0) is 18.7. The van der Waals surface area contributed by atoms with E-state index in [1.165, 1.54) is 18.2 Å². The normalized spacial score (nSPS) is 10.9. The summed E-state index contributed by atoms with van der Waals surface area (Å²) in [4.78, 5) is 16.7. The maximum atomic E-state index is 13.8. The molecule has 0 aliphatic heterocycles. The molecule has 0 unspecified atom stereocenters. The van der Waals surface area contributed by atoms with Gasteiger partial charge in [0.15, 0.2) is 11.4 Å². The molecular formula is C18H18F2N4O2. The molecule has 2 aromatic heterocycles. The van der Waals surface area contributed by atoms with E-state index < -0.39 is 11.6 Å². The summed E-state index contributed by atoms with van der Waals surface area (Å²) >= 11 is 0. The Hall–Kier alpha value is -3.00. The first-order valence-corrected chi connectivity index (χ1v) is 8.04. The van der Waals surface area contributed by atoms with Crippen LogP contribution in [0.1, 0.15) is 21.7 Å². The van der Waals surface area contributed by atoms with Crippen molar-refractivity contribution >= 4 is 11.6 Å². The molecule has 8 heteroatoms.